The van der Waals surface area contributed by atoms with Crippen molar-refractivity contribution in [1.29, 1.82) is 0 Å². The van der Waals surface area contributed by atoms with Crippen LogP contribution in [-0.2, 0) is 0 Å². The van der Waals surface area contributed by atoms with Crippen LogP contribution in [0.3, 0.4) is 0 Å². The number of aldehydes is 1. The molecule has 1 aromatic heterocycles. The number of ether oxygens (including phenoxy) is 1. The predicted octanol–water partition coefficient (Wildman–Crippen LogP) is 3.76. The molecule has 2 N–H and O–H groups in total. The van der Waals surface area contributed by atoms with Crippen LogP contribution in [0.4, 0.5) is 15.6 Å². The summed E-state index contributed by atoms with van der Waals surface area (Å²) in [5.41, 5.74) is 1.94. The third-order valence-electron chi connectivity index (χ3n) is 3.12. The fourth-order valence-corrected chi connectivity index (χ4v) is 2.88. The van der Waals surface area contributed by atoms with Crippen molar-refractivity contribution in [2.45, 2.75) is 0 Å². The van der Waals surface area contributed by atoms with E-state index < -0.39 is 6.03 Å². The van der Waals surface area contributed by atoms with Gasteiger partial charge in [-0.2, -0.15) is 0 Å². The lowest BCUT2D eigenvalue weighted by atomic mass is 10.2. The predicted molar refractivity (Wildman–Crippen MR) is 90.6 cm³/mol. The highest BCUT2D eigenvalue weighted by Gasteiger charge is 2.08. The van der Waals surface area contributed by atoms with Crippen LogP contribution < -0.4 is 15.4 Å². The van der Waals surface area contributed by atoms with Crippen molar-refractivity contribution in [3.05, 3.63) is 48.0 Å². The number of nitrogens with zero attached hydrogens (tertiary/aromatic N) is 1. The van der Waals surface area contributed by atoms with Crippen LogP contribution in [0.25, 0.3) is 10.2 Å². The fraction of sp³-hybridized carbons (Fsp3) is 0.0625. The minimum atomic E-state index is -0.394. The molecule has 0 aliphatic heterocycles. The zero-order valence-corrected chi connectivity index (χ0v) is 13.0. The molecule has 0 bridgehead atoms. The lowest BCUT2D eigenvalue weighted by molar-refractivity contribution is 0.112. The Morgan fingerprint density at radius 3 is 2.65 bits per heavy atom. The third kappa shape index (κ3) is 3.46. The molecule has 23 heavy (non-hydrogen) atoms. The number of fused-ring (bicyclic) bond motifs is 1. The molecule has 0 saturated carbocycles. The van der Waals surface area contributed by atoms with Gasteiger partial charge in [0, 0.05) is 11.3 Å². The number of urea groups is 1. The van der Waals surface area contributed by atoms with Crippen LogP contribution in [0.5, 0.6) is 5.75 Å². The maximum atomic E-state index is 12.0. The summed E-state index contributed by atoms with van der Waals surface area (Å²) in [6.45, 7) is 0. The molecule has 6 nitrogen and oxygen atoms in total. The van der Waals surface area contributed by atoms with Crippen molar-refractivity contribution in [1.82, 2.24) is 4.98 Å². The van der Waals surface area contributed by atoms with E-state index in [0.717, 1.165) is 22.3 Å². The Bertz CT molecular complexity index is 859. The van der Waals surface area contributed by atoms with Gasteiger partial charge in [0.15, 0.2) is 5.13 Å². The van der Waals surface area contributed by atoms with Crippen LogP contribution in [0.15, 0.2) is 42.5 Å². The summed E-state index contributed by atoms with van der Waals surface area (Å²) in [7, 11) is 1.60. The number of carbonyl (C=O) groups excluding carboxylic acids is 2. The third-order valence-corrected chi connectivity index (χ3v) is 4.05. The summed E-state index contributed by atoms with van der Waals surface area (Å²) in [4.78, 5) is 26.9. The highest BCUT2D eigenvalue weighted by Crippen LogP contribution is 2.29. The zero-order chi connectivity index (χ0) is 16.2. The first-order valence-electron chi connectivity index (χ1n) is 6.76. The molecule has 1 heterocycles. The van der Waals surface area contributed by atoms with E-state index in [2.05, 4.69) is 15.6 Å². The molecular weight excluding hydrogens is 314 g/mol. The van der Waals surface area contributed by atoms with Crippen LogP contribution in [-0.4, -0.2) is 24.4 Å². The second-order valence-corrected chi connectivity index (χ2v) is 5.70. The average Bonchev–Trinajstić information content (AvgIpc) is 2.96. The van der Waals surface area contributed by atoms with Crippen molar-refractivity contribution in [3.8, 4) is 5.75 Å². The van der Waals surface area contributed by atoms with Gasteiger partial charge in [0.25, 0.3) is 0 Å². The van der Waals surface area contributed by atoms with E-state index >= 15 is 0 Å². The SMILES string of the molecule is COc1ccc2nc(NC(=O)Nc3ccc(C=O)cc3)sc2c1. The minimum Gasteiger partial charge on any atom is -0.497 e. The maximum absolute atomic E-state index is 12.0. The number of hydrogen-bond donors (Lipinski definition) is 2. The highest BCUT2D eigenvalue weighted by molar-refractivity contribution is 7.22. The lowest BCUT2D eigenvalue weighted by Crippen LogP contribution is -2.19. The zero-order valence-electron chi connectivity index (χ0n) is 12.2. The van der Waals surface area contributed by atoms with Crippen molar-refractivity contribution >= 4 is 44.7 Å². The van der Waals surface area contributed by atoms with Gasteiger partial charge in [-0.15, -0.1) is 0 Å². The average molecular weight is 327 g/mol. The number of benzene rings is 2. The number of rotatable bonds is 4. The van der Waals surface area contributed by atoms with Gasteiger partial charge in [0.1, 0.15) is 12.0 Å². The Labute approximate surface area is 136 Å². The van der Waals surface area contributed by atoms with E-state index in [1.54, 1.807) is 31.4 Å². The summed E-state index contributed by atoms with van der Waals surface area (Å²) in [6.07, 6.45) is 0.749. The first kappa shape index (κ1) is 15.0. The number of nitrogens with one attached hydrogen (secondary N) is 2. The van der Waals surface area contributed by atoms with Crippen LogP contribution in [0, 0.1) is 0 Å². The van der Waals surface area contributed by atoms with Crippen LogP contribution >= 0.6 is 11.3 Å². The molecule has 0 unspecified atom stereocenters. The molecule has 0 aliphatic rings. The maximum Gasteiger partial charge on any atom is 0.325 e. The molecular formula is C16H13N3O3S. The number of thiazole rings is 1. The van der Waals surface area contributed by atoms with Crippen LogP contribution in [0.1, 0.15) is 10.4 Å². The quantitative estimate of drug-likeness (QED) is 0.715. The Morgan fingerprint density at radius 1 is 1.17 bits per heavy atom. The largest absolute Gasteiger partial charge is 0.497 e. The van der Waals surface area contributed by atoms with E-state index in [1.807, 2.05) is 18.2 Å². The molecule has 0 radical (unpaired) electrons. The second-order valence-electron chi connectivity index (χ2n) is 4.67. The van der Waals surface area contributed by atoms with E-state index in [0.29, 0.717) is 16.4 Å². The van der Waals surface area contributed by atoms with E-state index in [1.165, 1.54) is 11.3 Å². The topological polar surface area (TPSA) is 80.3 Å². The summed E-state index contributed by atoms with van der Waals surface area (Å²) >= 11 is 1.36. The fourth-order valence-electron chi connectivity index (χ4n) is 1.99. The molecule has 7 heteroatoms. The van der Waals surface area contributed by atoms with E-state index in [-0.39, 0.29) is 0 Å². The Kier molecular flexibility index (Phi) is 4.20. The number of amides is 2. The Balaban J connectivity index is 1.70. The van der Waals surface area contributed by atoms with Gasteiger partial charge >= 0.3 is 6.03 Å². The molecule has 3 rings (SSSR count). The first-order valence-corrected chi connectivity index (χ1v) is 7.57. The Hall–Kier alpha value is -2.93. The first-order chi connectivity index (χ1) is 11.2. The van der Waals surface area contributed by atoms with Gasteiger partial charge in [-0.3, -0.25) is 10.1 Å². The Morgan fingerprint density at radius 2 is 1.96 bits per heavy atom. The molecule has 0 spiro atoms. The number of carbonyl (C=O) groups is 2. The van der Waals surface area contributed by atoms with Gasteiger partial charge in [0.05, 0.1) is 17.3 Å². The summed E-state index contributed by atoms with van der Waals surface area (Å²) in [6, 6.07) is 11.7. The van der Waals surface area contributed by atoms with Crippen LogP contribution in [0.2, 0.25) is 0 Å². The number of hydrogen-bond acceptors (Lipinski definition) is 5. The standard InChI is InChI=1S/C16H13N3O3S/c1-22-12-6-7-13-14(8-12)23-16(18-13)19-15(21)17-11-4-2-10(9-20)3-5-11/h2-9H,1H3,(H2,17,18,19,21). The molecule has 0 saturated heterocycles. The van der Waals surface area contributed by atoms with Gasteiger partial charge < -0.3 is 10.1 Å². The van der Waals surface area contributed by atoms with Gasteiger partial charge in [-0.25, -0.2) is 9.78 Å². The molecule has 2 aromatic carbocycles. The van der Waals surface area contributed by atoms with Crippen molar-refractivity contribution in [2.24, 2.45) is 0 Å². The molecule has 116 valence electrons. The molecule has 2 amide bonds. The number of anilines is 2. The molecule has 0 atom stereocenters. The normalized spacial score (nSPS) is 10.3. The van der Waals surface area contributed by atoms with Gasteiger partial charge in [0.2, 0.25) is 0 Å². The number of aromatic nitrogens is 1. The summed E-state index contributed by atoms with van der Waals surface area (Å²) < 4.78 is 6.09. The lowest BCUT2D eigenvalue weighted by Gasteiger charge is -2.05. The molecule has 3 aromatic rings. The summed E-state index contributed by atoms with van der Waals surface area (Å²) in [5.74, 6) is 0.743. The van der Waals surface area contributed by atoms with Gasteiger partial charge in [-0.1, -0.05) is 11.3 Å². The van der Waals surface area contributed by atoms with Gasteiger partial charge in [-0.05, 0) is 42.5 Å². The van der Waals surface area contributed by atoms with Crippen molar-refractivity contribution in [3.63, 3.8) is 0 Å². The minimum absolute atomic E-state index is 0.394. The summed E-state index contributed by atoms with van der Waals surface area (Å²) in [5, 5.41) is 5.87. The van der Waals surface area contributed by atoms with Crippen molar-refractivity contribution < 1.29 is 14.3 Å². The van der Waals surface area contributed by atoms with E-state index in [9.17, 15) is 9.59 Å². The smallest absolute Gasteiger partial charge is 0.325 e. The molecule has 0 fully saturated rings. The monoisotopic (exact) mass is 327 g/mol. The second kappa shape index (κ2) is 6.45. The highest BCUT2D eigenvalue weighted by atomic mass is 32.1. The molecule has 0 aliphatic carbocycles. The number of methoxy groups -OCH3 is 1. The van der Waals surface area contributed by atoms with E-state index in [4.69, 9.17) is 4.74 Å². The van der Waals surface area contributed by atoms with Crippen molar-refractivity contribution in [2.75, 3.05) is 17.7 Å².